The summed E-state index contributed by atoms with van der Waals surface area (Å²) in [5, 5.41) is 8.94. The maximum absolute atomic E-state index is 12.7. The summed E-state index contributed by atoms with van der Waals surface area (Å²) < 4.78 is 43.7. The topological polar surface area (TPSA) is 102 Å². The molecular formula is C20H22F3N3O5S. The van der Waals surface area contributed by atoms with Crippen LogP contribution in [0.4, 0.5) is 13.2 Å². The molecule has 0 radical (unpaired) electrons. The van der Waals surface area contributed by atoms with Gasteiger partial charge in [0.25, 0.3) is 5.91 Å². The Bertz CT molecular complexity index is 898. The molecule has 1 N–H and O–H groups in total. The second kappa shape index (κ2) is 10.4. The molecule has 4 rings (SSSR count). The highest BCUT2D eigenvalue weighted by atomic mass is 32.1. The minimum absolute atomic E-state index is 0.0140. The Labute approximate surface area is 186 Å². The molecule has 174 valence electrons. The number of carboxylic acids is 1. The zero-order valence-corrected chi connectivity index (χ0v) is 17.8. The van der Waals surface area contributed by atoms with Gasteiger partial charge in [-0.2, -0.15) is 13.2 Å². The number of hydrogen-bond acceptors (Lipinski definition) is 7. The van der Waals surface area contributed by atoms with E-state index in [1.807, 2.05) is 22.4 Å². The fourth-order valence-electron chi connectivity index (χ4n) is 3.76. The first kappa shape index (κ1) is 24.1. The van der Waals surface area contributed by atoms with Gasteiger partial charge in [-0.15, -0.1) is 11.3 Å². The van der Waals surface area contributed by atoms with Crippen molar-refractivity contribution in [2.45, 2.75) is 31.7 Å². The van der Waals surface area contributed by atoms with E-state index in [1.165, 1.54) is 11.3 Å². The summed E-state index contributed by atoms with van der Waals surface area (Å²) >= 11 is 1.45. The van der Waals surface area contributed by atoms with Gasteiger partial charge in [0.05, 0.1) is 24.8 Å². The second-order valence-corrected chi connectivity index (χ2v) is 8.23. The second-order valence-electron chi connectivity index (χ2n) is 7.51. The first-order valence-electron chi connectivity index (χ1n) is 9.77. The number of thiazole rings is 1. The summed E-state index contributed by atoms with van der Waals surface area (Å²) in [6.07, 6.45) is 0.411. The number of alkyl halides is 3. The van der Waals surface area contributed by atoms with Gasteiger partial charge in [-0.05, 0) is 30.5 Å². The van der Waals surface area contributed by atoms with E-state index in [2.05, 4.69) is 9.97 Å². The molecule has 0 aliphatic carbocycles. The monoisotopic (exact) mass is 473 g/mol. The Hall–Kier alpha value is -2.57. The lowest BCUT2D eigenvalue weighted by Crippen LogP contribution is -2.53. The van der Waals surface area contributed by atoms with Gasteiger partial charge in [0.15, 0.2) is 0 Å². The highest BCUT2D eigenvalue weighted by Crippen LogP contribution is 2.41. The van der Waals surface area contributed by atoms with E-state index in [0.29, 0.717) is 32.0 Å². The Balaban J connectivity index is 0.000000360. The van der Waals surface area contributed by atoms with E-state index in [1.54, 1.807) is 17.9 Å². The Kier molecular flexibility index (Phi) is 7.80. The Morgan fingerprint density at radius 2 is 2.06 bits per heavy atom. The third kappa shape index (κ3) is 6.02. The van der Waals surface area contributed by atoms with E-state index in [4.69, 9.17) is 19.4 Å². The minimum atomic E-state index is -5.08. The first-order chi connectivity index (χ1) is 15.2. The van der Waals surface area contributed by atoms with E-state index in [-0.39, 0.29) is 17.4 Å². The fourth-order valence-corrected chi connectivity index (χ4v) is 4.29. The molecule has 2 aliphatic rings. The number of carboxylic acid groups (broad SMARTS) is 1. The molecule has 2 aromatic heterocycles. The third-order valence-corrected chi connectivity index (χ3v) is 5.94. The maximum atomic E-state index is 12.7. The van der Waals surface area contributed by atoms with Crippen LogP contribution in [0.25, 0.3) is 0 Å². The van der Waals surface area contributed by atoms with Crippen LogP contribution in [0.3, 0.4) is 0 Å². The molecule has 2 atom stereocenters. The minimum Gasteiger partial charge on any atom is -0.475 e. The van der Waals surface area contributed by atoms with Crippen molar-refractivity contribution in [3.05, 3.63) is 46.7 Å². The Morgan fingerprint density at radius 1 is 1.34 bits per heavy atom. The molecule has 1 amide bonds. The van der Waals surface area contributed by atoms with Gasteiger partial charge in [-0.1, -0.05) is 0 Å². The zero-order chi connectivity index (χ0) is 23.2. The molecule has 12 heteroatoms. The van der Waals surface area contributed by atoms with Crippen LogP contribution in [0.1, 0.15) is 28.9 Å². The number of aliphatic carboxylic acids is 1. The number of fused-ring (bicyclic) bond motifs is 1. The largest absolute Gasteiger partial charge is 0.490 e. The van der Waals surface area contributed by atoms with Crippen LogP contribution in [0.5, 0.6) is 0 Å². The van der Waals surface area contributed by atoms with Crippen LogP contribution < -0.4 is 0 Å². The Morgan fingerprint density at radius 3 is 2.69 bits per heavy atom. The molecule has 2 aliphatic heterocycles. The van der Waals surface area contributed by atoms with E-state index in [0.717, 1.165) is 25.0 Å². The normalized spacial score (nSPS) is 22.6. The molecular weight excluding hydrogens is 451 g/mol. The number of nitrogens with zero attached hydrogens (tertiary/aromatic N) is 3. The molecule has 2 fully saturated rings. The molecule has 8 nitrogen and oxygen atoms in total. The number of piperidine rings is 1. The van der Waals surface area contributed by atoms with Crippen molar-refractivity contribution in [2.24, 2.45) is 5.41 Å². The quantitative estimate of drug-likeness (QED) is 0.712. The van der Waals surface area contributed by atoms with Crippen LogP contribution in [0.15, 0.2) is 35.4 Å². The molecule has 0 unspecified atom stereocenters. The SMILES string of the molecule is O=C(O)C(F)(F)F.O=C(c1cscn1)N1CC[C@H]2OCC[C@@]2(COCc2ccncc2)C1. The van der Waals surface area contributed by atoms with Gasteiger partial charge in [0.1, 0.15) is 5.69 Å². The van der Waals surface area contributed by atoms with E-state index in [9.17, 15) is 18.0 Å². The van der Waals surface area contributed by atoms with Gasteiger partial charge < -0.3 is 19.5 Å². The highest BCUT2D eigenvalue weighted by molar-refractivity contribution is 7.07. The summed E-state index contributed by atoms with van der Waals surface area (Å²) in [4.78, 5) is 31.7. The lowest BCUT2D eigenvalue weighted by Gasteiger charge is -2.43. The lowest BCUT2D eigenvalue weighted by atomic mass is 9.77. The number of carbonyl (C=O) groups excluding carboxylic acids is 1. The van der Waals surface area contributed by atoms with Crippen molar-refractivity contribution < 1.29 is 37.3 Å². The molecule has 2 aromatic rings. The third-order valence-electron chi connectivity index (χ3n) is 5.36. The molecule has 4 heterocycles. The molecule has 0 saturated carbocycles. The number of likely N-dealkylation sites (tertiary alicyclic amines) is 1. The number of rotatable bonds is 5. The standard InChI is InChI=1S/C18H21N3O3S.C2HF3O2/c22-17(15-10-25-13-20-15)21-7-3-16-18(11-21,4-8-24-16)12-23-9-14-1-5-19-6-2-14;3-2(4,5)1(6)7/h1-2,5-6,10,13,16H,3-4,7-9,11-12H2;(H,6,7)/t16-,18+;/m1./s1. The summed E-state index contributed by atoms with van der Waals surface area (Å²) in [7, 11) is 0. The fraction of sp³-hybridized carbons (Fsp3) is 0.500. The van der Waals surface area contributed by atoms with Crippen molar-refractivity contribution in [3.63, 3.8) is 0 Å². The van der Waals surface area contributed by atoms with Crippen molar-refractivity contribution in [3.8, 4) is 0 Å². The number of carbonyl (C=O) groups is 2. The highest BCUT2D eigenvalue weighted by Gasteiger charge is 2.49. The molecule has 32 heavy (non-hydrogen) atoms. The number of halogens is 3. The predicted octanol–water partition coefficient (Wildman–Crippen LogP) is 3.01. The summed E-state index contributed by atoms with van der Waals surface area (Å²) in [5.41, 5.74) is 3.23. The number of pyridine rings is 1. The zero-order valence-electron chi connectivity index (χ0n) is 17.0. The van der Waals surface area contributed by atoms with Crippen molar-refractivity contribution in [2.75, 3.05) is 26.3 Å². The van der Waals surface area contributed by atoms with Gasteiger partial charge in [-0.3, -0.25) is 9.78 Å². The van der Waals surface area contributed by atoms with E-state index < -0.39 is 12.1 Å². The van der Waals surface area contributed by atoms with Gasteiger partial charge >= 0.3 is 12.1 Å². The number of ether oxygens (including phenoxy) is 2. The van der Waals surface area contributed by atoms with E-state index >= 15 is 0 Å². The van der Waals surface area contributed by atoms with Crippen molar-refractivity contribution in [1.29, 1.82) is 0 Å². The van der Waals surface area contributed by atoms with Crippen LogP contribution in [-0.4, -0.2) is 70.4 Å². The van der Waals surface area contributed by atoms with Gasteiger partial charge in [0, 0.05) is 42.9 Å². The van der Waals surface area contributed by atoms with Crippen LogP contribution in [0, 0.1) is 5.41 Å². The first-order valence-corrected chi connectivity index (χ1v) is 10.7. The summed E-state index contributed by atoms with van der Waals surface area (Å²) in [6.45, 7) is 3.28. The van der Waals surface area contributed by atoms with Crippen LogP contribution in [-0.2, 0) is 20.9 Å². The molecule has 0 spiro atoms. The predicted molar refractivity (Wildman–Crippen MR) is 107 cm³/mol. The van der Waals surface area contributed by atoms with Gasteiger partial charge in [-0.25, -0.2) is 9.78 Å². The smallest absolute Gasteiger partial charge is 0.475 e. The molecule has 0 bridgehead atoms. The van der Waals surface area contributed by atoms with Crippen molar-refractivity contribution in [1.82, 2.24) is 14.9 Å². The number of hydrogen-bond donors (Lipinski definition) is 1. The van der Waals surface area contributed by atoms with Crippen molar-refractivity contribution >= 4 is 23.2 Å². The summed E-state index contributed by atoms with van der Waals surface area (Å²) in [6, 6.07) is 3.92. The average Bonchev–Trinajstić information content (AvgIpc) is 3.43. The van der Waals surface area contributed by atoms with Gasteiger partial charge in [0.2, 0.25) is 0 Å². The molecule has 2 saturated heterocycles. The lowest BCUT2D eigenvalue weighted by molar-refractivity contribution is -0.192. The average molecular weight is 473 g/mol. The van der Waals surface area contributed by atoms with Crippen LogP contribution in [0.2, 0.25) is 0 Å². The maximum Gasteiger partial charge on any atom is 0.490 e. The van der Waals surface area contributed by atoms with Crippen LogP contribution >= 0.6 is 11.3 Å². The number of amides is 1. The molecule has 0 aromatic carbocycles. The number of aromatic nitrogens is 2. The summed E-state index contributed by atoms with van der Waals surface area (Å²) in [5.74, 6) is -2.74.